The zero-order chi connectivity index (χ0) is 14.1. The van der Waals surface area contributed by atoms with Gasteiger partial charge in [0.05, 0.1) is 11.2 Å². The van der Waals surface area contributed by atoms with E-state index in [4.69, 9.17) is 17.3 Å². The molecule has 0 unspecified atom stereocenters. The Kier molecular flexibility index (Phi) is 3.46. The van der Waals surface area contributed by atoms with Crippen molar-refractivity contribution >= 4 is 55.6 Å². The summed E-state index contributed by atoms with van der Waals surface area (Å²) in [5, 5.41) is 4.80. The van der Waals surface area contributed by atoms with Crippen LogP contribution in [0.3, 0.4) is 0 Å². The summed E-state index contributed by atoms with van der Waals surface area (Å²) >= 11 is 9.49. The molecule has 20 heavy (non-hydrogen) atoms. The number of fused-ring (bicyclic) bond motifs is 1. The molecule has 6 heteroatoms. The van der Waals surface area contributed by atoms with Gasteiger partial charge in [0.15, 0.2) is 0 Å². The van der Waals surface area contributed by atoms with Crippen molar-refractivity contribution in [2.24, 2.45) is 0 Å². The fourth-order valence-electron chi connectivity index (χ4n) is 1.89. The molecule has 4 nitrogen and oxygen atoms in total. The fourth-order valence-corrected chi connectivity index (χ4v) is 2.41. The second kappa shape index (κ2) is 5.26. The van der Waals surface area contributed by atoms with E-state index >= 15 is 0 Å². The topological polar surface area (TPSA) is 63.8 Å². The van der Waals surface area contributed by atoms with Gasteiger partial charge in [-0.3, -0.25) is 0 Å². The summed E-state index contributed by atoms with van der Waals surface area (Å²) < 4.78 is 0.907. The van der Waals surface area contributed by atoms with E-state index in [-0.39, 0.29) is 0 Å². The van der Waals surface area contributed by atoms with Gasteiger partial charge in [-0.15, -0.1) is 0 Å². The van der Waals surface area contributed by atoms with Crippen LogP contribution >= 0.6 is 27.5 Å². The molecule has 0 saturated heterocycles. The summed E-state index contributed by atoms with van der Waals surface area (Å²) in [5.41, 5.74) is 8.07. The van der Waals surface area contributed by atoms with Crippen LogP contribution < -0.4 is 11.1 Å². The predicted molar refractivity (Wildman–Crippen MR) is 86.4 cm³/mol. The molecule has 0 aliphatic rings. The van der Waals surface area contributed by atoms with Crippen LogP contribution in [0.25, 0.3) is 10.9 Å². The Morgan fingerprint density at radius 1 is 1.10 bits per heavy atom. The lowest BCUT2D eigenvalue weighted by Crippen LogP contribution is -1.97. The van der Waals surface area contributed by atoms with Crippen molar-refractivity contribution in [3.05, 3.63) is 52.2 Å². The molecule has 0 amide bonds. The van der Waals surface area contributed by atoms with E-state index in [2.05, 4.69) is 31.2 Å². The summed E-state index contributed by atoms with van der Waals surface area (Å²) in [4.78, 5) is 8.49. The Balaban J connectivity index is 2.09. The number of halogens is 2. The normalized spacial score (nSPS) is 10.7. The first-order chi connectivity index (χ1) is 9.63. The van der Waals surface area contributed by atoms with E-state index < -0.39 is 0 Å². The number of hydrogen-bond acceptors (Lipinski definition) is 4. The highest BCUT2D eigenvalue weighted by atomic mass is 79.9. The van der Waals surface area contributed by atoms with Gasteiger partial charge >= 0.3 is 0 Å². The highest BCUT2D eigenvalue weighted by Gasteiger charge is 2.07. The summed E-state index contributed by atoms with van der Waals surface area (Å²) in [6.07, 6.45) is 1.50. The van der Waals surface area contributed by atoms with Crippen LogP contribution in [0.2, 0.25) is 5.02 Å². The number of benzene rings is 2. The minimum absolute atomic E-state index is 0.651. The van der Waals surface area contributed by atoms with Crippen molar-refractivity contribution in [2.75, 3.05) is 11.1 Å². The number of nitrogens with two attached hydrogens (primary N) is 1. The SMILES string of the molecule is Nc1ccc2c(Nc3cc(Cl)ccc3Br)ncnc2c1. The molecular weight excluding hydrogens is 340 g/mol. The summed E-state index contributed by atoms with van der Waals surface area (Å²) in [7, 11) is 0. The monoisotopic (exact) mass is 348 g/mol. The van der Waals surface area contributed by atoms with Gasteiger partial charge in [0.2, 0.25) is 0 Å². The third-order valence-electron chi connectivity index (χ3n) is 2.84. The lowest BCUT2D eigenvalue weighted by Gasteiger charge is -2.10. The van der Waals surface area contributed by atoms with Crippen molar-refractivity contribution in [2.45, 2.75) is 0 Å². The van der Waals surface area contributed by atoms with Crippen LogP contribution in [0.15, 0.2) is 47.2 Å². The predicted octanol–water partition coefficient (Wildman–Crippen LogP) is 4.37. The largest absolute Gasteiger partial charge is 0.399 e. The van der Waals surface area contributed by atoms with Crippen LogP contribution in [0.1, 0.15) is 0 Å². The second-order valence-electron chi connectivity index (χ2n) is 4.25. The maximum atomic E-state index is 6.01. The Bertz CT molecular complexity index is 791. The van der Waals surface area contributed by atoms with Gasteiger partial charge in [0.1, 0.15) is 12.1 Å². The molecule has 0 radical (unpaired) electrons. The quantitative estimate of drug-likeness (QED) is 0.674. The second-order valence-corrected chi connectivity index (χ2v) is 5.54. The molecule has 0 fully saturated rings. The van der Waals surface area contributed by atoms with E-state index in [1.807, 2.05) is 36.4 Å². The summed E-state index contributed by atoms with van der Waals surface area (Å²) in [6.45, 7) is 0. The van der Waals surface area contributed by atoms with Crippen LogP contribution in [0.4, 0.5) is 17.2 Å². The highest BCUT2D eigenvalue weighted by Crippen LogP contribution is 2.30. The molecule has 0 bridgehead atoms. The molecule has 0 atom stereocenters. The Labute approximate surface area is 129 Å². The Morgan fingerprint density at radius 2 is 1.95 bits per heavy atom. The molecular formula is C14H10BrClN4. The minimum atomic E-state index is 0.651. The van der Waals surface area contributed by atoms with E-state index in [0.717, 1.165) is 21.1 Å². The highest BCUT2D eigenvalue weighted by molar-refractivity contribution is 9.10. The smallest absolute Gasteiger partial charge is 0.141 e. The van der Waals surface area contributed by atoms with Crippen molar-refractivity contribution in [3.8, 4) is 0 Å². The number of anilines is 3. The first-order valence-corrected chi connectivity index (χ1v) is 7.03. The van der Waals surface area contributed by atoms with Crippen LogP contribution in [0.5, 0.6) is 0 Å². The van der Waals surface area contributed by atoms with Gasteiger partial charge in [-0.05, 0) is 52.3 Å². The summed E-state index contributed by atoms with van der Waals surface area (Å²) in [6, 6.07) is 11.1. The van der Waals surface area contributed by atoms with Crippen LogP contribution in [0, 0.1) is 0 Å². The molecule has 1 aromatic heterocycles. The minimum Gasteiger partial charge on any atom is -0.399 e. The van der Waals surface area contributed by atoms with Crippen molar-refractivity contribution in [1.82, 2.24) is 9.97 Å². The number of nitrogens with zero attached hydrogens (tertiary/aromatic N) is 2. The number of aromatic nitrogens is 2. The molecule has 0 aliphatic heterocycles. The third-order valence-corrected chi connectivity index (χ3v) is 3.77. The number of nitrogen functional groups attached to an aromatic ring is 1. The molecule has 1 heterocycles. The molecule has 2 aromatic carbocycles. The van der Waals surface area contributed by atoms with Gasteiger partial charge in [0, 0.05) is 20.6 Å². The zero-order valence-electron chi connectivity index (χ0n) is 10.3. The Morgan fingerprint density at radius 3 is 2.80 bits per heavy atom. The first kappa shape index (κ1) is 13.1. The standard InChI is InChI=1S/C14H10BrClN4/c15-11-4-1-8(16)5-13(11)20-14-10-3-2-9(17)6-12(10)18-7-19-14/h1-7H,17H2,(H,18,19,20). The van der Waals surface area contributed by atoms with Crippen molar-refractivity contribution in [1.29, 1.82) is 0 Å². The van der Waals surface area contributed by atoms with E-state index in [1.165, 1.54) is 6.33 Å². The van der Waals surface area contributed by atoms with Gasteiger partial charge in [-0.2, -0.15) is 0 Å². The zero-order valence-corrected chi connectivity index (χ0v) is 12.6. The fraction of sp³-hybridized carbons (Fsp3) is 0. The van der Waals surface area contributed by atoms with Gasteiger partial charge in [-0.1, -0.05) is 11.6 Å². The first-order valence-electron chi connectivity index (χ1n) is 5.86. The van der Waals surface area contributed by atoms with Gasteiger partial charge < -0.3 is 11.1 Å². The van der Waals surface area contributed by atoms with Gasteiger partial charge in [0.25, 0.3) is 0 Å². The van der Waals surface area contributed by atoms with E-state index in [1.54, 1.807) is 0 Å². The average molecular weight is 350 g/mol. The average Bonchev–Trinajstić information content (AvgIpc) is 2.43. The van der Waals surface area contributed by atoms with Crippen LogP contribution in [-0.2, 0) is 0 Å². The maximum Gasteiger partial charge on any atom is 0.141 e. The maximum absolute atomic E-state index is 6.01. The molecule has 3 N–H and O–H groups in total. The number of hydrogen-bond donors (Lipinski definition) is 2. The number of nitrogens with one attached hydrogen (secondary N) is 1. The molecule has 100 valence electrons. The lowest BCUT2D eigenvalue weighted by atomic mass is 10.2. The number of rotatable bonds is 2. The molecule has 0 aliphatic carbocycles. The van der Waals surface area contributed by atoms with E-state index in [0.29, 0.717) is 16.5 Å². The molecule has 3 rings (SSSR count). The van der Waals surface area contributed by atoms with Crippen molar-refractivity contribution in [3.63, 3.8) is 0 Å². The van der Waals surface area contributed by atoms with Crippen molar-refractivity contribution < 1.29 is 0 Å². The molecule has 0 saturated carbocycles. The molecule has 0 spiro atoms. The lowest BCUT2D eigenvalue weighted by molar-refractivity contribution is 1.22. The Hall–Kier alpha value is -1.85. The third kappa shape index (κ3) is 2.55. The van der Waals surface area contributed by atoms with Gasteiger partial charge in [-0.25, -0.2) is 9.97 Å². The van der Waals surface area contributed by atoms with E-state index in [9.17, 15) is 0 Å². The molecule has 3 aromatic rings. The van der Waals surface area contributed by atoms with Crippen LogP contribution in [-0.4, -0.2) is 9.97 Å². The summed E-state index contributed by atoms with van der Waals surface area (Å²) in [5.74, 6) is 0.706.